The molecule has 0 amide bonds. The Morgan fingerprint density at radius 1 is 1.08 bits per heavy atom. The second kappa shape index (κ2) is 10.4. The number of aliphatic hydroxyl groups is 3. The van der Waals surface area contributed by atoms with Crippen molar-refractivity contribution >= 4 is 11.7 Å². The van der Waals surface area contributed by atoms with Crippen LogP contribution in [0.2, 0.25) is 0 Å². The largest absolute Gasteiger partial charge is 0.508 e. The van der Waals surface area contributed by atoms with Crippen molar-refractivity contribution in [2.75, 3.05) is 33.2 Å². The molecule has 9 atom stereocenters. The van der Waals surface area contributed by atoms with Gasteiger partial charge < -0.3 is 64.6 Å². The Hall–Kier alpha value is -4.73. The third-order valence-electron chi connectivity index (χ3n) is 11.4. The standard InChI is InChI=1S/C36H36N2O12/c1-37-19-7-9-34-14-47-28-23(32(34)48-29-24(34)18(19)13-21(45-2)27(29)46-3)17(15-5-4-6-16(39)11-15)12-20-25(28)38-22-8-10-35(33(43)44)30(41)26(40)31(42)36(22,49-20)50-35/h4-6,8,10-13,19,22,26,30-32,37-42H,7,9,14H2,1-3H3,(H,43,44). The maximum absolute atomic E-state index is 12.5. The molecule has 9 unspecified atom stereocenters. The second-order valence-electron chi connectivity index (χ2n) is 13.7. The van der Waals surface area contributed by atoms with Crippen LogP contribution < -0.4 is 34.3 Å². The summed E-state index contributed by atoms with van der Waals surface area (Å²) in [5, 5.41) is 60.5. The maximum Gasteiger partial charge on any atom is 0.343 e. The lowest BCUT2D eigenvalue weighted by molar-refractivity contribution is -0.356. The van der Waals surface area contributed by atoms with Crippen molar-refractivity contribution in [3.8, 4) is 45.6 Å². The number of hydrogen-bond acceptors (Lipinski definition) is 13. The summed E-state index contributed by atoms with van der Waals surface area (Å²) >= 11 is 0. The fraction of sp³-hybridized carbons (Fsp3) is 0.417. The van der Waals surface area contributed by atoms with Gasteiger partial charge in [0, 0.05) is 17.2 Å². The van der Waals surface area contributed by atoms with Crippen molar-refractivity contribution in [2.45, 2.75) is 66.1 Å². The van der Waals surface area contributed by atoms with E-state index in [1.54, 1.807) is 38.5 Å². The van der Waals surface area contributed by atoms with Gasteiger partial charge in [-0.3, -0.25) is 0 Å². The Balaban J connectivity index is 1.27. The zero-order chi connectivity index (χ0) is 34.9. The van der Waals surface area contributed by atoms with Gasteiger partial charge in [-0.25, -0.2) is 4.79 Å². The predicted molar refractivity (Wildman–Crippen MR) is 174 cm³/mol. The number of carboxylic acid groups (broad SMARTS) is 1. The van der Waals surface area contributed by atoms with E-state index in [0.717, 1.165) is 23.6 Å². The molecule has 5 aliphatic heterocycles. The van der Waals surface area contributed by atoms with Gasteiger partial charge in [0.15, 0.2) is 29.1 Å². The second-order valence-corrected chi connectivity index (χ2v) is 13.7. The van der Waals surface area contributed by atoms with Gasteiger partial charge in [0.25, 0.3) is 5.79 Å². The molecule has 2 spiro atoms. The van der Waals surface area contributed by atoms with Crippen molar-refractivity contribution in [1.29, 1.82) is 0 Å². The monoisotopic (exact) mass is 688 g/mol. The Labute approximate surface area is 285 Å². The van der Waals surface area contributed by atoms with Gasteiger partial charge in [0.1, 0.15) is 42.4 Å². The van der Waals surface area contributed by atoms with E-state index in [4.69, 9.17) is 28.4 Å². The highest BCUT2D eigenvalue weighted by atomic mass is 16.7. The molecule has 0 aromatic heterocycles. The molecule has 14 heteroatoms. The van der Waals surface area contributed by atoms with Gasteiger partial charge in [-0.1, -0.05) is 18.2 Å². The minimum atomic E-state index is -2.38. The molecular weight excluding hydrogens is 652 g/mol. The molecule has 50 heavy (non-hydrogen) atoms. The van der Waals surface area contributed by atoms with Crippen LogP contribution in [0.1, 0.15) is 41.7 Å². The summed E-state index contributed by atoms with van der Waals surface area (Å²) in [6, 6.07) is 9.38. The first kappa shape index (κ1) is 31.3. The first-order chi connectivity index (χ1) is 24.0. The molecule has 1 saturated heterocycles. The fourth-order valence-electron chi connectivity index (χ4n) is 8.97. The van der Waals surface area contributed by atoms with Crippen LogP contribution in [-0.2, 0) is 14.9 Å². The molecule has 262 valence electrons. The topological polar surface area (TPSA) is 198 Å². The SMILES string of the molecule is CNC1CCC23COc4c5c(cc(-c6cccc(O)c6)c4C2Oc2c(OC)c(OC)cc1c23)OC12OC(C(=O)O)(C=CC1N5)C(O)C(O)C2O. The molecule has 0 radical (unpaired) electrons. The van der Waals surface area contributed by atoms with Crippen LogP contribution in [0.4, 0.5) is 5.69 Å². The lowest BCUT2D eigenvalue weighted by Gasteiger charge is -2.57. The maximum atomic E-state index is 12.5. The van der Waals surface area contributed by atoms with E-state index in [-0.39, 0.29) is 24.1 Å². The number of carbonyl (C=O) groups is 1. The van der Waals surface area contributed by atoms with Crippen LogP contribution in [0.15, 0.2) is 48.6 Å². The molecule has 1 fully saturated rings. The van der Waals surface area contributed by atoms with Crippen LogP contribution in [0.25, 0.3) is 11.1 Å². The molecular formula is C36H36N2O12. The number of nitrogens with one attached hydrogen (secondary N) is 2. The molecule has 7 N–H and O–H groups in total. The highest BCUT2D eigenvalue weighted by Crippen LogP contribution is 2.68. The van der Waals surface area contributed by atoms with Crippen LogP contribution in [0, 0.1) is 0 Å². The van der Waals surface area contributed by atoms with Crippen molar-refractivity contribution in [3.63, 3.8) is 0 Å². The van der Waals surface area contributed by atoms with E-state index in [0.29, 0.717) is 51.8 Å². The lowest BCUT2D eigenvalue weighted by atomic mass is 9.64. The molecule has 3 aromatic rings. The molecule has 3 aromatic carbocycles. The molecule has 9 rings (SSSR count). The number of anilines is 1. The summed E-state index contributed by atoms with van der Waals surface area (Å²) in [4.78, 5) is 12.5. The van der Waals surface area contributed by atoms with E-state index in [2.05, 4.69) is 10.6 Å². The van der Waals surface area contributed by atoms with Crippen molar-refractivity contribution < 1.29 is 58.7 Å². The van der Waals surface area contributed by atoms with Crippen molar-refractivity contribution in [3.05, 3.63) is 65.2 Å². The van der Waals surface area contributed by atoms with Crippen LogP contribution in [0.5, 0.6) is 34.5 Å². The fourth-order valence-corrected chi connectivity index (χ4v) is 8.97. The number of hydrogen-bond donors (Lipinski definition) is 7. The lowest BCUT2D eigenvalue weighted by Crippen LogP contribution is -2.79. The average Bonchev–Trinajstić information content (AvgIpc) is 3.48. The Morgan fingerprint density at radius 3 is 2.62 bits per heavy atom. The quantitative estimate of drug-likeness (QED) is 0.193. The van der Waals surface area contributed by atoms with Gasteiger partial charge in [0.05, 0.1) is 19.6 Å². The van der Waals surface area contributed by atoms with Crippen LogP contribution in [-0.4, -0.2) is 95.1 Å². The summed E-state index contributed by atoms with van der Waals surface area (Å²) in [5.74, 6) is -1.59. The predicted octanol–water partition coefficient (Wildman–Crippen LogP) is 2.27. The zero-order valence-electron chi connectivity index (χ0n) is 27.3. The summed E-state index contributed by atoms with van der Waals surface area (Å²) in [6.45, 7) is 0.228. The molecule has 0 saturated carbocycles. The molecule has 5 heterocycles. The number of ether oxygens (including phenoxy) is 6. The number of fused-ring (bicyclic) bond motifs is 5. The Kier molecular flexibility index (Phi) is 6.50. The Bertz CT molecular complexity index is 2000. The first-order valence-corrected chi connectivity index (χ1v) is 16.4. The normalized spacial score (nSPS) is 35.0. The third kappa shape index (κ3) is 3.71. The van der Waals surface area contributed by atoms with E-state index >= 15 is 0 Å². The molecule has 1 aliphatic carbocycles. The van der Waals surface area contributed by atoms with Crippen molar-refractivity contribution in [1.82, 2.24) is 5.32 Å². The van der Waals surface area contributed by atoms with Crippen molar-refractivity contribution in [2.24, 2.45) is 0 Å². The third-order valence-corrected chi connectivity index (χ3v) is 11.4. The van der Waals surface area contributed by atoms with Gasteiger partial charge in [0.2, 0.25) is 11.4 Å². The summed E-state index contributed by atoms with van der Waals surface area (Å²) in [5.41, 5.74) is 1.25. The van der Waals surface area contributed by atoms with E-state index < -0.39 is 53.2 Å². The van der Waals surface area contributed by atoms with Crippen LogP contribution >= 0.6 is 0 Å². The number of rotatable bonds is 5. The van der Waals surface area contributed by atoms with Gasteiger partial charge in [-0.15, -0.1) is 0 Å². The number of benzene rings is 3. The minimum absolute atomic E-state index is 0.0174. The zero-order valence-corrected chi connectivity index (χ0v) is 27.3. The number of aliphatic carboxylic acids is 1. The van der Waals surface area contributed by atoms with Gasteiger partial charge >= 0.3 is 5.97 Å². The number of carboxylic acids is 1. The number of phenolic OH excluding ortho intramolecular Hbond substituents is 1. The Morgan fingerprint density at radius 2 is 1.90 bits per heavy atom. The summed E-state index contributed by atoms with van der Waals surface area (Å²) in [7, 11) is 5.08. The smallest absolute Gasteiger partial charge is 0.343 e. The van der Waals surface area contributed by atoms with Gasteiger partial charge in [-0.2, -0.15) is 0 Å². The molecule has 2 bridgehead atoms. The number of aromatic hydroxyl groups is 1. The van der Waals surface area contributed by atoms with E-state index in [1.807, 2.05) is 19.2 Å². The number of aliphatic hydroxyl groups excluding tert-OH is 3. The number of methoxy groups -OCH3 is 2. The highest BCUT2D eigenvalue weighted by Gasteiger charge is 2.70. The highest BCUT2D eigenvalue weighted by molar-refractivity contribution is 5.86. The minimum Gasteiger partial charge on any atom is -0.508 e. The number of phenols is 1. The molecule has 6 aliphatic rings. The average molecular weight is 689 g/mol. The van der Waals surface area contributed by atoms with E-state index in [1.165, 1.54) is 6.08 Å². The first-order valence-electron chi connectivity index (χ1n) is 16.4. The van der Waals surface area contributed by atoms with Crippen LogP contribution in [0.3, 0.4) is 0 Å². The summed E-state index contributed by atoms with van der Waals surface area (Å²) in [6.07, 6.45) is -2.25. The van der Waals surface area contributed by atoms with E-state index in [9.17, 15) is 30.3 Å². The molecule has 14 nitrogen and oxygen atoms in total. The summed E-state index contributed by atoms with van der Waals surface area (Å²) < 4.78 is 37.9. The van der Waals surface area contributed by atoms with Gasteiger partial charge in [-0.05, 0) is 66.9 Å².